The van der Waals surface area contributed by atoms with Crippen LogP contribution in [0.2, 0.25) is 0 Å². The summed E-state index contributed by atoms with van der Waals surface area (Å²) in [5.74, 6) is -2.78. The normalized spacial score (nSPS) is 16.8. The number of ether oxygens (including phenoxy) is 2. The molecule has 0 aliphatic carbocycles. The number of β-lactam (4-membered cyclic amide) rings is 1. The zero-order valence-corrected chi connectivity index (χ0v) is 28.6. The first-order chi connectivity index (χ1) is 24.8. The standard InChI is InChI=1S/C36H31N5O8S2/c42-28(48-19-23-10-4-1-5-11-23)15-14-26(27-22-51-35(37-27)39-36(47)49-20-24-12-6-2-7-13-24)31(43)38-29-32(44)41-30(34(45)46)25(21-50-33(29)41)18-40-16-8-3-9-17-40/h1-14,16-17,22,29,33H,15,18-21H2,(H2-,37,38,39,43,45,46,47)/p+1/b26-14+. The van der Waals surface area contributed by atoms with E-state index in [1.54, 1.807) is 0 Å². The first kappa shape index (κ1) is 35.0. The van der Waals surface area contributed by atoms with Crippen LogP contribution in [-0.2, 0) is 48.4 Å². The molecule has 3 amide bonds. The Morgan fingerprint density at radius 3 is 2.25 bits per heavy atom. The smallest absolute Gasteiger partial charge is 0.413 e. The summed E-state index contributed by atoms with van der Waals surface area (Å²) in [4.78, 5) is 70.2. The summed E-state index contributed by atoms with van der Waals surface area (Å²) in [7, 11) is 0. The lowest BCUT2D eigenvalue weighted by Crippen LogP contribution is -2.70. The third-order valence-electron chi connectivity index (χ3n) is 7.85. The van der Waals surface area contributed by atoms with E-state index in [1.165, 1.54) is 28.1 Å². The van der Waals surface area contributed by atoms with Gasteiger partial charge in [-0.05, 0) is 11.1 Å². The summed E-state index contributed by atoms with van der Waals surface area (Å²) in [5, 5.41) is 16.3. The minimum Gasteiger partial charge on any atom is -0.477 e. The topological polar surface area (TPSA) is 168 Å². The number of rotatable bonds is 13. The van der Waals surface area contributed by atoms with E-state index in [0.29, 0.717) is 11.3 Å². The SMILES string of the molecule is O=C(C/C=C(/C(=O)NC1C(=O)N2C(C(=O)O)=C(C[n+]3ccccc3)CSC12)c1csc(NC(=O)OCc2ccccc2)n1)OCc1ccccc1. The number of nitrogens with zero attached hydrogens (tertiary/aromatic N) is 3. The Labute approximate surface area is 300 Å². The van der Waals surface area contributed by atoms with E-state index in [-0.39, 0.29) is 48.3 Å². The highest BCUT2D eigenvalue weighted by molar-refractivity contribution is 8.00. The molecule has 0 saturated carbocycles. The number of aliphatic carboxylic acids is 1. The van der Waals surface area contributed by atoms with Gasteiger partial charge in [-0.1, -0.05) is 72.8 Å². The van der Waals surface area contributed by atoms with E-state index >= 15 is 0 Å². The average Bonchev–Trinajstić information content (AvgIpc) is 3.60. The number of nitrogens with one attached hydrogen (secondary N) is 2. The van der Waals surface area contributed by atoms with Crippen molar-refractivity contribution in [2.75, 3.05) is 11.1 Å². The van der Waals surface area contributed by atoms with Gasteiger partial charge >= 0.3 is 18.0 Å². The van der Waals surface area contributed by atoms with Gasteiger partial charge < -0.3 is 19.9 Å². The number of carboxylic acids is 1. The third-order valence-corrected chi connectivity index (χ3v) is 9.95. The van der Waals surface area contributed by atoms with Gasteiger partial charge in [-0.2, -0.15) is 0 Å². The van der Waals surface area contributed by atoms with Gasteiger partial charge in [0, 0.05) is 28.8 Å². The van der Waals surface area contributed by atoms with Gasteiger partial charge in [-0.15, -0.1) is 23.1 Å². The number of anilines is 1. The molecule has 2 unspecified atom stereocenters. The summed E-state index contributed by atoms with van der Waals surface area (Å²) < 4.78 is 12.5. The Kier molecular flexibility index (Phi) is 11.2. The lowest BCUT2D eigenvalue weighted by molar-refractivity contribution is -0.689. The van der Waals surface area contributed by atoms with Crippen LogP contribution in [0.3, 0.4) is 0 Å². The average molecular weight is 727 g/mol. The molecule has 260 valence electrons. The van der Waals surface area contributed by atoms with Crippen LogP contribution in [0.15, 0.2) is 114 Å². The predicted molar refractivity (Wildman–Crippen MR) is 188 cm³/mol. The Morgan fingerprint density at radius 2 is 1.59 bits per heavy atom. The first-order valence-electron chi connectivity index (χ1n) is 15.7. The number of carbonyl (C=O) groups excluding carboxylic acids is 4. The molecular formula is C36H32N5O8S2+. The molecule has 13 nitrogen and oxygen atoms in total. The first-order valence-corrected chi connectivity index (χ1v) is 17.7. The number of benzene rings is 2. The van der Waals surface area contributed by atoms with Crippen molar-refractivity contribution in [3.8, 4) is 0 Å². The predicted octanol–water partition coefficient (Wildman–Crippen LogP) is 4.14. The highest BCUT2D eigenvalue weighted by atomic mass is 32.2. The Bertz CT molecular complexity index is 1990. The van der Waals surface area contributed by atoms with Gasteiger partial charge in [-0.25, -0.2) is 19.1 Å². The number of thiazole rings is 1. The maximum atomic E-state index is 13.8. The number of fused-ring (bicyclic) bond motifs is 1. The summed E-state index contributed by atoms with van der Waals surface area (Å²) in [6.07, 6.45) is 3.93. The fourth-order valence-corrected chi connectivity index (χ4v) is 7.41. The number of thioether (sulfide) groups is 1. The van der Waals surface area contributed by atoms with E-state index in [2.05, 4.69) is 15.6 Å². The van der Waals surface area contributed by atoms with Gasteiger partial charge in [-0.3, -0.25) is 24.6 Å². The van der Waals surface area contributed by atoms with Crippen molar-refractivity contribution >= 4 is 63.6 Å². The minimum absolute atomic E-state index is 0.0316. The zero-order valence-electron chi connectivity index (χ0n) is 27.0. The minimum atomic E-state index is -1.23. The number of pyridine rings is 1. The monoisotopic (exact) mass is 726 g/mol. The van der Waals surface area contributed by atoms with Gasteiger partial charge in [0.15, 0.2) is 24.1 Å². The van der Waals surface area contributed by atoms with Crippen molar-refractivity contribution in [2.45, 2.75) is 37.6 Å². The van der Waals surface area contributed by atoms with Crippen molar-refractivity contribution in [3.05, 3.63) is 131 Å². The van der Waals surface area contributed by atoms with Crippen molar-refractivity contribution < 1.29 is 43.1 Å². The molecule has 2 aromatic heterocycles. The highest BCUT2D eigenvalue weighted by Crippen LogP contribution is 2.40. The summed E-state index contributed by atoms with van der Waals surface area (Å²) in [6, 6.07) is 22.7. The molecule has 2 aromatic carbocycles. The molecule has 15 heteroatoms. The molecule has 3 N–H and O–H groups in total. The molecule has 0 radical (unpaired) electrons. The lowest BCUT2D eigenvalue weighted by atomic mass is 10.0. The van der Waals surface area contributed by atoms with Crippen LogP contribution in [0.1, 0.15) is 23.2 Å². The summed E-state index contributed by atoms with van der Waals surface area (Å²) in [6.45, 7) is 0.372. The van der Waals surface area contributed by atoms with Crippen molar-refractivity contribution in [3.63, 3.8) is 0 Å². The van der Waals surface area contributed by atoms with Crippen LogP contribution in [0, 0.1) is 0 Å². The molecule has 1 saturated heterocycles. The molecule has 2 aliphatic heterocycles. The molecular weight excluding hydrogens is 695 g/mol. The largest absolute Gasteiger partial charge is 0.477 e. The Balaban J connectivity index is 1.16. The fraction of sp³-hybridized carbons (Fsp3) is 0.194. The van der Waals surface area contributed by atoms with Crippen LogP contribution in [0.5, 0.6) is 0 Å². The molecule has 2 aliphatic rings. The Hall–Kier alpha value is -5.80. The van der Waals surface area contributed by atoms with E-state index in [1.807, 2.05) is 95.8 Å². The van der Waals surface area contributed by atoms with Crippen LogP contribution < -0.4 is 15.2 Å². The maximum Gasteiger partial charge on any atom is 0.413 e. The second kappa shape index (κ2) is 16.3. The van der Waals surface area contributed by atoms with Crippen LogP contribution >= 0.6 is 23.1 Å². The van der Waals surface area contributed by atoms with Gasteiger partial charge in [0.2, 0.25) is 0 Å². The molecule has 51 heavy (non-hydrogen) atoms. The molecule has 6 rings (SSSR count). The molecule has 1 fully saturated rings. The van der Waals surface area contributed by atoms with E-state index < -0.39 is 41.3 Å². The number of hydrogen-bond acceptors (Lipinski definition) is 10. The number of carboxylic acid groups (broad SMARTS) is 1. The van der Waals surface area contributed by atoms with Gasteiger partial charge in [0.25, 0.3) is 11.8 Å². The van der Waals surface area contributed by atoms with Crippen molar-refractivity contribution in [1.29, 1.82) is 0 Å². The number of hydrogen-bond donors (Lipinski definition) is 3. The fourth-order valence-electron chi connectivity index (χ4n) is 5.38. The molecule has 4 aromatic rings. The molecule has 2 atom stereocenters. The number of carbonyl (C=O) groups is 5. The van der Waals surface area contributed by atoms with Gasteiger partial charge in [0.1, 0.15) is 30.3 Å². The summed E-state index contributed by atoms with van der Waals surface area (Å²) in [5.41, 5.74) is 2.16. The second-order valence-corrected chi connectivity index (χ2v) is 13.3. The number of amides is 3. The highest BCUT2D eigenvalue weighted by Gasteiger charge is 2.54. The third kappa shape index (κ3) is 8.69. The quantitative estimate of drug-likeness (QED) is 0.0789. The van der Waals surface area contributed by atoms with E-state index in [9.17, 15) is 29.1 Å². The van der Waals surface area contributed by atoms with E-state index in [0.717, 1.165) is 22.5 Å². The molecule has 4 heterocycles. The maximum absolute atomic E-state index is 13.8. The summed E-state index contributed by atoms with van der Waals surface area (Å²) >= 11 is 2.38. The number of esters is 1. The van der Waals surface area contributed by atoms with Crippen LogP contribution in [0.4, 0.5) is 9.93 Å². The molecule has 0 spiro atoms. The van der Waals surface area contributed by atoms with Gasteiger partial charge in [0.05, 0.1) is 17.7 Å². The second-order valence-electron chi connectivity index (χ2n) is 11.4. The van der Waals surface area contributed by atoms with E-state index in [4.69, 9.17) is 9.47 Å². The van der Waals surface area contributed by atoms with Crippen molar-refractivity contribution in [2.24, 2.45) is 0 Å². The van der Waals surface area contributed by atoms with Crippen molar-refractivity contribution in [1.82, 2.24) is 15.2 Å². The Morgan fingerprint density at radius 1 is 0.941 bits per heavy atom. The van der Waals surface area contributed by atoms with Crippen LogP contribution in [-0.4, -0.2) is 62.0 Å². The zero-order chi connectivity index (χ0) is 35.7. The van der Waals surface area contributed by atoms with Crippen LogP contribution in [0.25, 0.3) is 5.57 Å². The lowest BCUT2D eigenvalue weighted by Gasteiger charge is -2.49. The number of aromatic nitrogens is 2. The molecule has 0 bridgehead atoms.